The average molecular weight is 243 g/mol. The number of hydrogen-bond donors (Lipinski definition) is 1. The fourth-order valence-corrected chi connectivity index (χ4v) is 1.98. The van der Waals surface area contributed by atoms with Crippen LogP contribution in [0.5, 0.6) is 0 Å². The SMILES string of the molecule is Cc1ccc(CCC(N)c2cccc(F)c2)cc1. The van der Waals surface area contributed by atoms with Crippen molar-refractivity contribution >= 4 is 0 Å². The van der Waals surface area contributed by atoms with Gasteiger partial charge in [0.1, 0.15) is 5.82 Å². The molecule has 0 saturated carbocycles. The number of aryl methyl sites for hydroxylation is 2. The van der Waals surface area contributed by atoms with Crippen LogP contribution in [0.15, 0.2) is 48.5 Å². The summed E-state index contributed by atoms with van der Waals surface area (Å²) in [6.07, 6.45) is 1.74. The highest BCUT2D eigenvalue weighted by atomic mass is 19.1. The predicted octanol–water partition coefficient (Wildman–Crippen LogP) is 3.77. The van der Waals surface area contributed by atoms with E-state index in [1.165, 1.54) is 23.3 Å². The van der Waals surface area contributed by atoms with E-state index in [1.54, 1.807) is 6.07 Å². The second-order valence-corrected chi connectivity index (χ2v) is 4.69. The molecule has 1 atom stereocenters. The zero-order valence-electron chi connectivity index (χ0n) is 10.6. The molecule has 18 heavy (non-hydrogen) atoms. The summed E-state index contributed by atoms with van der Waals surface area (Å²) in [5, 5.41) is 0. The van der Waals surface area contributed by atoms with Crippen molar-refractivity contribution in [1.82, 2.24) is 0 Å². The Kier molecular flexibility index (Phi) is 4.11. The third-order valence-corrected chi connectivity index (χ3v) is 3.14. The van der Waals surface area contributed by atoms with E-state index in [0.717, 1.165) is 18.4 Å². The van der Waals surface area contributed by atoms with Gasteiger partial charge in [0, 0.05) is 6.04 Å². The van der Waals surface area contributed by atoms with Crippen LogP contribution in [-0.2, 0) is 6.42 Å². The number of halogens is 1. The van der Waals surface area contributed by atoms with Gasteiger partial charge in [-0.1, -0.05) is 42.0 Å². The second-order valence-electron chi connectivity index (χ2n) is 4.69. The van der Waals surface area contributed by atoms with Crippen LogP contribution in [0.4, 0.5) is 4.39 Å². The first kappa shape index (κ1) is 12.8. The van der Waals surface area contributed by atoms with E-state index in [4.69, 9.17) is 5.73 Å². The van der Waals surface area contributed by atoms with E-state index < -0.39 is 0 Å². The van der Waals surface area contributed by atoms with Gasteiger partial charge in [-0.05, 0) is 43.0 Å². The molecule has 0 spiro atoms. The summed E-state index contributed by atoms with van der Waals surface area (Å²) in [5.74, 6) is -0.224. The Hall–Kier alpha value is -1.67. The van der Waals surface area contributed by atoms with Gasteiger partial charge in [0.2, 0.25) is 0 Å². The van der Waals surface area contributed by atoms with Crippen molar-refractivity contribution in [3.05, 3.63) is 71.0 Å². The van der Waals surface area contributed by atoms with Crippen molar-refractivity contribution in [2.45, 2.75) is 25.8 Å². The second kappa shape index (κ2) is 5.78. The molecule has 1 nitrogen and oxygen atoms in total. The van der Waals surface area contributed by atoms with E-state index in [2.05, 4.69) is 31.2 Å². The molecule has 0 fully saturated rings. The Balaban J connectivity index is 1.96. The van der Waals surface area contributed by atoms with E-state index in [9.17, 15) is 4.39 Å². The molecule has 0 saturated heterocycles. The maximum Gasteiger partial charge on any atom is 0.123 e. The van der Waals surface area contributed by atoms with Gasteiger partial charge in [-0.3, -0.25) is 0 Å². The zero-order valence-corrected chi connectivity index (χ0v) is 10.6. The molecular formula is C16H18FN. The van der Waals surface area contributed by atoms with E-state index >= 15 is 0 Å². The molecule has 0 radical (unpaired) electrons. The molecule has 0 aliphatic heterocycles. The summed E-state index contributed by atoms with van der Waals surface area (Å²) < 4.78 is 13.1. The van der Waals surface area contributed by atoms with Crippen LogP contribution in [-0.4, -0.2) is 0 Å². The lowest BCUT2D eigenvalue weighted by Crippen LogP contribution is -2.11. The minimum Gasteiger partial charge on any atom is -0.324 e. The highest BCUT2D eigenvalue weighted by molar-refractivity contribution is 5.23. The monoisotopic (exact) mass is 243 g/mol. The zero-order chi connectivity index (χ0) is 13.0. The van der Waals surface area contributed by atoms with Crippen molar-refractivity contribution in [1.29, 1.82) is 0 Å². The third-order valence-electron chi connectivity index (χ3n) is 3.14. The molecule has 2 aromatic carbocycles. The molecular weight excluding hydrogens is 225 g/mol. The Labute approximate surface area is 107 Å². The van der Waals surface area contributed by atoms with Crippen LogP contribution in [0.2, 0.25) is 0 Å². The molecule has 0 amide bonds. The first-order chi connectivity index (χ1) is 8.65. The topological polar surface area (TPSA) is 26.0 Å². The van der Waals surface area contributed by atoms with Crippen LogP contribution in [0.1, 0.15) is 29.2 Å². The molecule has 0 bridgehead atoms. The van der Waals surface area contributed by atoms with Gasteiger partial charge in [0.05, 0.1) is 0 Å². The fourth-order valence-electron chi connectivity index (χ4n) is 1.98. The van der Waals surface area contributed by atoms with Crippen LogP contribution in [0, 0.1) is 12.7 Å². The van der Waals surface area contributed by atoms with Gasteiger partial charge in [0.15, 0.2) is 0 Å². The third kappa shape index (κ3) is 3.41. The lowest BCUT2D eigenvalue weighted by molar-refractivity contribution is 0.609. The molecule has 1 unspecified atom stereocenters. The molecule has 94 valence electrons. The maximum atomic E-state index is 13.1. The van der Waals surface area contributed by atoms with Crippen molar-refractivity contribution in [2.75, 3.05) is 0 Å². The minimum absolute atomic E-state index is 0.109. The normalized spacial score (nSPS) is 12.4. The predicted molar refractivity (Wildman–Crippen MR) is 72.8 cm³/mol. The molecule has 0 aliphatic rings. The van der Waals surface area contributed by atoms with Crippen molar-refractivity contribution in [3.63, 3.8) is 0 Å². The van der Waals surface area contributed by atoms with Gasteiger partial charge in [-0.2, -0.15) is 0 Å². The van der Waals surface area contributed by atoms with Gasteiger partial charge < -0.3 is 5.73 Å². The maximum absolute atomic E-state index is 13.1. The van der Waals surface area contributed by atoms with Gasteiger partial charge >= 0.3 is 0 Å². The molecule has 0 aromatic heterocycles. The Morgan fingerprint density at radius 2 is 1.83 bits per heavy atom. The number of hydrogen-bond acceptors (Lipinski definition) is 1. The number of rotatable bonds is 4. The Morgan fingerprint density at radius 1 is 1.11 bits per heavy atom. The average Bonchev–Trinajstić information content (AvgIpc) is 2.38. The lowest BCUT2D eigenvalue weighted by Gasteiger charge is -2.12. The molecule has 2 aromatic rings. The van der Waals surface area contributed by atoms with E-state index in [0.29, 0.717) is 0 Å². The van der Waals surface area contributed by atoms with Crippen LogP contribution >= 0.6 is 0 Å². The summed E-state index contributed by atoms with van der Waals surface area (Å²) in [6.45, 7) is 2.07. The smallest absolute Gasteiger partial charge is 0.123 e. The summed E-state index contributed by atoms with van der Waals surface area (Å²) in [5.41, 5.74) is 9.47. The van der Waals surface area contributed by atoms with Crippen molar-refractivity contribution in [2.24, 2.45) is 5.73 Å². The van der Waals surface area contributed by atoms with Crippen molar-refractivity contribution < 1.29 is 4.39 Å². The van der Waals surface area contributed by atoms with E-state index in [-0.39, 0.29) is 11.9 Å². The molecule has 2 N–H and O–H groups in total. The largest absolute Gasteiger partial charge is 0.324 e. The molecule has 2 rings (SSSR count). The Bertz CT molecular complexity index is 505. The van der Waals surface area contributed by atoms with Crippen LogP contribution in [0.3, 0.4) is 0 Å². The van der Waals surface area contributed by atoms with E-state index in [1.807, 2.05) is 6.07 Å². The summed E-state index contributed by atoms with van der Waals surface area (Å²) in [7, 11) is 0. The molecule has 0 heterocycles. The van der Waals surface area contributed by atoms with Gasteiger partial charge in [-0.25, -0.2) is 4.39 Å². The Morgan fingerprint density at radius 3 is 2.50 bits per heavy atom. The highest BCUT2D eigenvalue weighted by Gasteiger charge is 2.07. The first-order valence-electron chi connectivity index (χ1n) is 6.22. The number of nitrogens with two attached hydrogens (primary N) is 1. The highest BCUT2D eigenvalue weighted by Crippen LogP contribution is 2.17. The first-order valence-corrected chi connectivity index (χ1v) is 6.22. The lowest BCUT2D eigenvalue weighted by atomic mass is 9.99. The van der Waals surface area contributed by atoms with Crippen LogP contribution in [0.25, 0.3) is 0 Å². The summed E-state index contributed by atoms with van der Waals surface area (Å²) >= 11 is 0. The van der Waals surface area contributed by atoms with Gasteiger partial charge in [-0.15, -0.1) is 0 Å². The molecule has 2 heteroatoms. The van der Waals surface area contributed by atoms with Gasteiger partial charge in [0.25, 0.3) is 0 Å². The summed E-state index contributed by atoms with van der Waals surface area (Å²) in [4.78, 5) is 0. The van der Waals surface area contributed by atoms with Crippen LogP contribution < -0.4 is 5.73 Å². The van der Waals surface area contributed by atoms with Crippen molar-refractivity contribution in [3.8, 4) is 0 Å². The minimum atomic E-state index is -0.224. The number of benzene rings is 2. The quantitative estimate of drug-likeness (QED) is 0.869. The summed E-state index contributed by atoms with van der Waals surface area (Å²) in [6, 6.07) is 14.9. The standard InChI is InChI=1S/C16H18FN/c1-12-5-7-13(8-6-12)9-10-16(18)14-3-2-4-15(17)11-14/h2-8,11,16H,9-10,18H2,1H3. The fraction of sp³-hybridized carbons (Fsp3) is 0.250. The molecule has 0 aliphatic carbocycles.